The second kappa shape index (κ2) is 8.72. The molecule has 11 nitrogen and oxygen atoms in total. The van der Waals surface area contributed by atoms with Crippen molar-refractivity contribution >= 4 is 43.0 Å². The van der Waals surface area contributed by atoms with Gasteiger partial charge in [0.05, 0.1) is 21.8 Å². The quantitative estimate of drug-likeness (QED) is 0.418. The molecule has 0 N–H and O–H groups in total. The molecule has 2 aromatic carbocycles. The van der Waals surface area contributed by atoms with Gasteiger partial charge in [-0.1, -0.05) is 6.07 Å². The van der Waals surface area contributed by atoms with E-state index in [0.717, 1.165) is 20.9 Å². The highest BCUT2D eigenvalue weighted by molar-refractivity contribution is 7.92. The number of sulfonamides is 2. The van der Waals surface area contributed by atoms with Gasteiger partial charge in [-0.25, -0.2) is 21.1 Å². The van der Waals surface area contributed by atoms with Crippen LogP contribution >= 0.6 is 0 Å². The minimum atomic E-state index is -3.94. The highest BCUT2D eigenvalue weighted by Crippen LogP contribution is 2.32. The number of amides is 1. The standard InChI is InChI=1S/C20H24N4O7S2/c1-14-5-6-16(24(26)27)12-19(14)23(32(4,28)29)13-20(25)22-10-9-15-11-17(7-8-18(15)22)33(30,31)21(2)3/h5-8,11-12H,9-10,13H2,1-4H3. The Balaban J connectivity index is 1.94. The van der Waals surface area contributed by atoms with Crippen molar-refractivity contribution in [2.24, 2.45) is 0 Å². The van der Waals surface area contributed by atoms with Crippen molar-refractivity contribution in [2.75, 3.05) is 42.6 Å². The first kappa shape index (κ1) is 24.6. The van der Waals surface area contributed by atoms with Gasteiger partial charge < -0.3 is 4.90 Å². The van der Waals surface area contributed by atoms with E-state index in [1.807, 2.05) is 0 Å². The summed E-state index contributed by atoms with van der Waals surface area (Å²) < 4.78 is 51.7. The second-order valence-electron chi connectivity index (χ2n) is 7.87. The summed E-state index contributed by atoms with van der Waals surface area (Å²) in [5.74, 6) is -0.534. The van der Waals surface area contributed by atoms with Crippen LogP contribution in [0, 0.1) is 17.0 Å². The van der Waals surface area contributed by atoms with Gasteiger partial charge in [0.2, 0.25) is 26.0 Å². The number of aryl methyl sites for hydroxylation is 1. The minimum Gasteiger partial charge on any atom is -0.310 e. The number of fused-ring (bicyclic) bond motifs is 1. The molecule has 0 bridgehead atoms. The first-order chi connectivity index (χ1) is 15.2. The Labute approximate surface area is 192 Å². The fourth-order valence-electron chi connectivity index (χ4n) is 3.58. The summed E-state index contributed by atoms with van der Waals surface area (Å²) in [5.41, 5.74) is 1.37. The van der Waals surface area contributed by atoms with Gasteiger partial charge in [-0.2, -0.15) is 0 Å². The number of nitro benzene ring substituents is 1. The second-order valence-corrected chi connectivity index (χ2v) is 11.9. The summed E-state index contributed by atoms with van der Waals surface area (Å²) in [6, 6.07) is 8.25. The van der Waals surface area contributed by atoms with Crippen molar-refractivity contribution < 1.29 is 26.6 Å². The van der Waals surface area contributed by atoms with Crippen LogP contribution in [-0.4, -0.2) is 65.4 Å². The molecule has 1 heterocycles. The van der Waals surface area contributed by atoms with E-state index < -0.39 is 37.4 Å². The van der Waals surface area contributed by atoms with E-state index in [2.05, 4.69) is 0 Å². The van der Waals surface area contributed by atoms with Crippen LogP contribution in [0.1, 0.15) is 11.1 Å². The molecule has 0 radical (unpaired) electrons. The third-order valence-corrected chi connectivity index (χ3v) is 8.32. The lowest BCUT2D eigenvalue weighted by Crippen LogP contribution is -2.42. The number of hydrogen-bond donors (Lipinski definition) is 0. The molecule has 0 saturated heterocycles. The van der Waals surface area contributed by atoms with Crippen LogP contribution in [-0.2, 0) is 31.3 Å². The molecule has 2 aromatic rings. The summed E-state index contributed by atoms with van der Waals surface area (Å²) in [6.45, 7) is 1.29. The average Bonchev–Trinajstić information content (AvgIpc) is 3.14. The van der Waals surface area contributed by atoms with Crippen molar-refractivity contribution in [3.8, 4) is 0 Å². The van der Waals surface area contributed by atoms with Gasteiger partial charge in [0.15, 0.2) is 0 Å². The Bertz CT molecular complexity index is 1340. The smallest absolute Gasteiger partial charge is 0.271 e. The average molecular weight is 497 g/mol. The number of anilines is 2. The van der Waals surface area contributed by atoms with Crippen LogP contribution in [0.2, 0.25) is 0 Å². The Morgan fingerprint density at radius 3 is 2.36 bits per heavy atom. The molecule has 0 aromatic heterocycles. The molecular weight excluding hydrogens is 472 g/mol. The summed E-state index contributed by atoms with van der Waals surface area (Å²) in [4.78, 5) is 25.1. The number of nitrogens with zero attached hydrogens (tertiary/aromatic N) is 4. The van der Waals surface area contributed by atoms with Gasteiger partial charge in [0.1, 0.15) is 6.54 Å². The van der Waals surface area contributed by atoms with Crippen LogP contribution in [0.15, 0.2) is 41.3 Å². The molecule has 0 spiro atoms. The molecule has 0 unspecified atom stereocenters. The summed E-state index contributed by atoms with van der Waals surface area (Å²) in [5, 5.41) is 11.2. The van der Waals surface area contributed by atoms with E-state index in [0.29, 0.717) is 23.2 Å². The number of hydrogen-bond acceptors (Lipinski definition) is 7. The normalized spacial score (nSPS) is 13.8. The lowest BCUT2D eigenvalue weighted by atomic mass is 10.1. The zero-order chi connectivity index (χ0) is 24.7. The Morgan fingerprint density at radius 1 is 1.12 bits per heavy atom. The minimum absolute atomic E-state index is 0.0481. The molecule has 0 aliphatic carbocycles. The molecule has 0 atom stereocenters. The van der Waals surface area contributed by atoms with E-state index in [9.17, 15) is 31.7 Å². The van der Waals surface area contributed by atoms with Gasteiger partial charge in [-0.15, -0.1) is 0 Å². The van der Waals surface area contributed by atoms with Crippen LogP contribution in [0.4, 0.5) is 17.1 Å². The highest BCUT2D eigenvalue weighted by Gasteiger charge is 2.31. The largest absolute Gasteiger partial charge is 0.310 e. The summed E-state index contributed by atoms with van der Waals surface area (Å²) >= 11 is 0. The lowest BCUT2D eigenvalue weighted by Gasteiger charge is -2.26. The maximum Gasteiger partial charge on any atom is 0.271 e. The molecular formula is C20H24N4O7S2. The summed E-state index contributed by atoms with van der Waals surface area (Å²) in [6.07, 6.45) is 1.33. The van der Waals surface area contributed by atoms with E-state index in [4.69, 9.17) is 0 Å². The summed E-state index contributed by atoms with van der Waals surface area (Å²) in [7, 11) is -4.73. The predicted octanol–water partition coefficient (Wildman–Crippen LogP) is 1.51. The van der Waals surface area contributed by atoms with E-state index in [1.54, 1.807) is 6.92 Å². The van der Waals surface area contributed by atoms with Gasteiger partial charge >= 0.3 is 0 Å². The number of carbonyl (C=O) groups excluding carboxylic acids is 1. The molecule has 1 aliphatic heterocycles. The third kappa shape index (κ3) is 4.84. The van der Waals surface area contributed by atoms with Crippen LogP contribution < -0.4 is 9.21 Å². The number of rotatable bonds is 7. The predicted molar refractivity (Wildman–Crippen MR) is 123 cm³/mol. The van der Waals surface area contributed by atoms with Crippen molar-refractivity contribution in [2.45, 2.75) is 18.2 Å². The van der Waals surface area contributed by atoms with Gasteiger partial charge in [0.25, 0.3) is 5.69 Å². The monoisotopic (exact) mass is 496 g/mol. The van der Waals surface area contributed by atoms with E-state index in [-0.39, 0.29) is 22.8 Å². The maximum atomic E-state index is 13.1. The number of non-ortho nitro benzene ring substituents is 1. The van der Waals surface area contributed by atoms with Gasteiger partial charge in [-0.3, -0.25) is 19.2 Å². The zero-order valence-electron chi connectivity index (χ0n) is 18.5. The van der Waals surface area contributed by atoms with Crippen LogP contribution in [0.3, 0.4) is 0 Å². The molecule has 13 heteroatoms. The van der Waals surface area contributed by atoms with Crippen molar-refractivity contribution in [3.63, 3.8) is 0 Å². The first-order valence-electron chi connectivity index (χ1n) is 9.82. The highest BCUT2D eigenvalue weighted by atomic mass is 32.2. The number of nitro groups is 1. The first-order valence-corrected chi connectivity index (χ1v) is 13.1. The lowest BCUT2D eigenvalue weighted by molar-refractivity contribution is -0.384. The molecule has 1 amide bonds. The number of benzene rings is 2. The Kier molecular flexibility index (Phi) is 6.51. The Morgan fingerprint density at radius 2 is 1.79 bits per heavy atom. The maximum absolute atomic E-state index is 13.1. The Hall–Kier alpha value is -3.03. The fraction of sp³-hybridized carbons (Fsp3) is 0.350. The van der Waals surface area contributed by atoms with Crippen molar-refractivity contribution in [3.05, 3.63) is 57.6 Å². The molecule has 1 aliphatic rings. The molecule has 33 heavy (non-hydrogen) atoms. The zero-order valence-corrected chi connectivity index (χ0v) is 20.2. The van der Waals surface area contributed by atoms with Crippen LogP contribution in [0.5, 0.6) is 0 Å². The molecule has 3 rings (SSSR count). The van der Waals surface area contributed by atoms with Gasteiger partial charge in [0, 0.05) is 38.5 Å². The third-order valence-electron chi connectivity index (χ3n) is 5.38. The number of carbonyl (C=O) groups is 1. The van der Waals surface area contributed by atoms with Crippen molar-refractivity contribution in [1.29, 1.82) is 0 Å². The van der Waals surface area contributed by atoms with E-state index >= 15 is 0 Å². The molecule has 0 saturated carbocycles. The molecule has 0 fully saturated rings. The SMILES string of the molecule is Cc1ccc([N+](=O)[O-])cc1N(CC(=O)N1CCc2cc(S(=O)(=O)N(C)C)ccc21)S(C)(=O)=O. The molecule has 178 valence electrons. The van der Waals surface area contributed by atoms with Crippen LogP contribution in [0.25, 0.3) is 0 Å². The van der Waals surface area contributed by atoms with Gasteiger partial charge in [-0.05, 0) is 42.7 Å². The fourth-order valence-corrected chi connectivity index (χ4v) is 5.43. The van der Waals surface area contributed by atoms with Crippen molar-refractivity contribution in [1.82, 2.24) is 4.31 Å². The van der Waals surface area contributed by atoms with E-state index in [1.165, 1.54) is 49.3 Å². The topological polar surface area (TPSA) is 138 Å².